The fraction of sp³-hybridized carbons (Fsp3) is 0.0435. The van der Waals surface area contributed by atoms with Gasteiger partial charge in [0.05, 0.1) is 0 Å². The minimum Gasteiger partial charge on any atom is -0.321 e. The van der Waals surface area contributed by atoms with Crippen LogP contribution >= 0.6 is 11.6 Å². The van der Waals surface area contributed by atoms with E-state index in [0.717, 1.165) is 11.1 Å². The Morgan fingerprint density at radius 3 is 2.14 bits per heavy atom. The topological polar surface area (TPSA) is 58.2 Å². The number of amides is 2. The van der Waals surface area contributed by atoms with Crippen molar-refractivity contribution in [2.24, 2.45) is 0 Å². The fourth-order valence-electron chi connectivity index (χ4n) is 2.50. The Morgan fingerprint density at radius 1 is 0.857 bits per heavy atom. The van der Waals surface area contributed by atoms with Gasteiger partial charge in [-0.1, -0.05) is 59.6 Å². The molecule has 140 valence electrons. The van der Waals surface area contributed by atoms with Crippen LogP contribution < -0.4 is 10.6 Å². The number of para-hydroxylation sites is 1. The first-order valence-corrected chi connectivity index (χ1v) is 9.11. The molecule has 0 aromatic heterocycles. The lowest BCUT2D eigenvalue weighted by Gasteiger charge is -2.11. The Morgan fingerprint density at radius 2 is 1.50 bits per heavy atom. The van der Waals surface area contributed by atoms with Crippen LogP contribution in [0.2, 0.25) is 5.02 Å². The number of hydrogen-bond donors (Lipinski definition) is 2. The van der Waals surface area contributed by atoms with Gasteiger partial charge in [-0.25, -0.2) is 0 Å². The minimum absolute atomic E-state index is 0.136. The number of halogens is 1. The Labute approximate surface area is 168 Å². The van der Waals surface area contributed by atoms with E-state index in [4.69, 9.17) is 11.6 Å². The van der Waals surface area contributed by atoms with Crippen molar-refractivity contribution in [2.45, 2.75) is 6.92 Å². The molecule has 0 unspecified atom stereocenters. The van der Waals surface area contributed by atoms with Gasteiger partial charge in [-0.2, -0.15) is 0 Å². The van der Waals surface area contributed by atoms with Crippen LogP contribution in [-0.4, -0.2) is 11.8 Å². The van der Waals surface area contributed by atoms with Gasteiger partial charge in [0.25, 0.3) is 11.8 Å². The lowest BCUT2D eigenvalue weighted by Crippen LogP contribution is -2.30. The number of aryl methyl sites for hydroxylation is 1. The smallest absolute Gasteiger partial charge is 0.272 e. The quantitative estimate of drug-likeness (QED) is 0.598. The largest absolute Gasteiger partial charge is 0.321 e. The van der Waals surface area contributed by atoms with E-state index in [-0.39, 0.29) is 11.6 Å². The van der Waals surface area contributed by atoms with Gasteiger partial charge in [-0.3, -0.25) is 9.59 Å². The van der Waals surface area contributed by atoms with Crippen LogP contribution in [0.15, 0.2) is 84.6 Å². The summed E-state index contributed by atoms with van der Waals surface area (Å²) in [6.07, 6.45) is 1.61. The van der Waals surface area contributed by atoms with Crippen molar-refractivity contribution >= 4 is 35.2 Å². The summed E-state index contributed by atoms with van der Waals surface area (Å²) in [5.41, 5.74) is 3.04. The van der Waals surface area contributed by atoms with E-state index in [1.54, 1.807) is 54.6 Å². The number of benzene rings is 3. The molecule has 0 spiro atoms. The van der Waals surface area contributed by atoms with E-state index in [2.05, 4.69) is 10.6 Å². The van der Waals surface area contributed by atoms with Gasteiger partial charge in [0.1, 0.15) is 5.70 Å². The molecule has 0 bridgehead atoms. The molecule has 0 fully saturated rings. The second kappa shape index (κ2) is 9.02. The van der Waals surface area contributed by atoms with Gasteiger partial charge in [0, 0.05) is 16.3 Å². The summed E-state index contributed by atoms with van der Waals surface area (Å²) >= 11 is 5.93. The summed E-state index contributed by atoms with van der Waals surface area (Å²) in [6, 6.07) is 23.2. The predicted octanol–water partition coefficient (Wildman–Crippen LogP) is 5.06. The van der Waals surface area contributed by atoms with Crippen molar-refractivity contribution in [3.8, 4) is 0 Å². The van der Waals surface area contributed by atoms with E-state index in [9.17, 15) is 9.59 Å². The highest BCUT2D eigenvalue weighted by Gasteiger charge is 2.15. The van der Waals surface area contributed by atoms with Gasteiger partial charge in [0.2, 0.25) is 0 Å². The Balaban J connectivity index is 1.87. The molecule has 28 heavy (non-hydrogen) atoms. The molecule has 0 saturated carbocycles. The van der Waals surface area contributed by atoms with Crippen molar-refractivity contribution in [1.29, 1.82) is 0 Å². The summed E-state index contributed by atoms with van der Waals surface area (Å²) in [6.45, 7) is 1.95. The number of hydrogen-bond acceptors (Lipinski definition) is 2. The molecule has 0 saturated heterocycles. The number of rotatable bonds is 5. The van der Waals surface area contributed by atoms with Crippen LogP contribution in [0.4, 0.5) is 5.69 Å². The Hall–Kier alpha value is -3.37. The first kappa shape index (κ1) is 19.4. The third-order valence-corrected chi connectivity index (χ3v) is 4.27. The van der Waals surface area contributed by atoms with E-state index in [1.165, 1.54) is 0 Å². The van der Waals surface area contributed by atoms with Gasteiger partial charge < -0.3 is 10.6 Å². The summed E-state index contributed by atoms with van der Waals surface area (Å²) in [4.78, 5) is 25.4. The van der Waals surface area contributed by atoms with Gasteiger partial charge in [-0.05, 0) is 55.0 Å². The minimum atomic E-state index is -0.415. The van der Waals surface area contributed by atoms with E-state index in [0.29, 0.717) is 16.3 Å². The molecule has 2 amide bonds. The molecule has 5 heteroatoms. The highest BCUT2D eigenvalue weighted by molar-refractivity contribution is 6.30. The molecule has 3 aromatic carbocycles. The SMILES string of the molecule is Cc1ccc(C(=O)N/C(=C/c2ccc(Cl)cc2)C(=O)Nc2ccccc2)cc1. The summed E-state index contributed by atoms with van der Waals surface area (Å²) < 4.78 is 0. The third-order valence-electron chi connectivity index (χ3n) is 4.02. The maximum atomic E-state index is 12.8. The van der Waals surface area contributed by atoms with E-state index < -0.39 is 5.91 Å². The monoisotopic (exact) mass is 390 g/mol. The number of anilines is 1. The average molecular weight is 391 g/mol. The highest BCUT2D eigenvalue weighted by atomic mass is 35.5. The van der Waals surface area contributed by atoms with Crippen LogP contribution in [0.5, 0.6) is 0 Å². The van der Waals surface area contributed by atoms with Crippen LogP contribution in [0.25, 0.3) is 6.08 Å². The number of carbonyl (C=O) groups excluding carboxylic acids is 2. The maximum Gasteiger partial charge on any atom is 0.272 e. The fourth-order valence-corrected chi connectivity index (χ4v) is 2.63. The molecule has 0 atom stereocenters. The zero-order valence-electron chi connectivity index (χ0n) is 15.3. The maximum absolute atomic E-state index is 12.8. The van der Waals surface area contributed by atoms with Gasteiger partial charge in [0.15, 0.2) is 0 Å². The van der Waals surface area contributed by atoms with E-state index in [1.807, 2.05) is 37.3 Å². The van der Waals surface area contributed by atoms with Crippen LogP contribution in [-0.2, 0) is 4.79 Å². The summed E-state index contributed by atoms with van der Waals surface area (Å²) in [7, 11) is 0. The molecule has 4 nitrogen and oxygen atoms in total. The molecular formula is C23H19ClN2O2. The average Bonchev–Trinajstić information content (AvgIpc) is 2.70. The molecule has 3 aromatic rings. The molecule has 0 aliphatic heterocycles. The standard InChI is InChI=1S/C23H19ClN2O2/c1-16-7-11-18(12-8-16)22(27)26-21(15-17-9-13-19(24)14-10-17)23(28)25-20-5-3-2-4-6-20/h2-15H,1H3,(H,25,28)(H,26,27)/b21-15+. The van der Waals surface area contributed by atoms with Crippen molar-refractivity contribution in [3.05, 3.63) is 106 Å². The first-order chi connectivity index (χ1) is 13.5. The van der Waals surface area contributed by atoms with Crippen molar-refractivity contribution < 1.29 is 9.59 Å². The zero-order valence-corrected chi connectivity index (χ0v) is 16.0. The lowest BCUT2D eigenvalue weighted by atomic mass is 10.1. The molecule has 0 aliphatic rings. The summed E-state index contributed by atoms with van der Waals surface area (Å²) in [5, 5.41) is 6.10. The molecule has 3 rings (SSSR count). The van der Waals surface area contributed by atoms with Crippen LogP contribution in [0.3, 0.4) is 0 Å². The third kappa shape index (κ3) is 5.32. The zero-order chi connectivity index (χ0) is 19.9. The molecule has 0 heterocycles. The van der Waals surface area contributed by atoms with Crippen molar-refractivity contribution in [2.75, 3.05) is 5.32 Å². The molecule has 0 aliphatic carbocycles. The number of carbonyl (C=O) groups is 2. The predicted molar refractivity (Wildman–Crippen MR) is 113 cm³/mol. The second-order valence-corrected chi connectivity index (χ2v) is 6.69. The molecular weight excluding hydrogens is 372 g/mol. The lowest BCUT2D eigenvalue weighted by molar-refractivity contribution is -0.113. The van der Waals surface area contributed by atoms with Crippen molar-refractivity contribution in [1.82, 2.24) is 5.32 Å². The Bertz CT molecular complexity index is 995. The van der Waals surface area contributed by atoms with E-state index >= 15 is 0 Å². The number of nitrogens with one attached hydrogen (secondary N) is 2. The van der Waals surface area contributed by atoms with Gasteiger partial charge in [-0.15, -0.1) is 0 Å². The first-order valence-electron chi connectivity index (χ1n) is 8.73. The van der Waals surface area contributed by atoms with Crippen molar-refractivity contribution in [3.63, 3.8) is 0 Å². The van der Waals surface area contributed by atoms with Gasteiger partial charge >= 0.3 is 0 Å². The van der Waals surface area contributed by atoms with Crippen LogP contribution in [0.1, 0.15) is 21.5 Å². The second-order valence-electron chi connectivity index (χ2n) is 6.25. The van der Waals surface area contributed by atoms with Crippen LogP contribution in [0, 0.1) is 6.92 Å². The normalized spacial score (nSPS) is 11.0. The molecule has 2 N–H and O–H groups in total. The molecule has 0 radical (unpaired) electrons. The Kier molecular flexibility index (Phi) is 6.25. The summed E-state index contributed by atoms with van der Waals surface area (Å²) in [5.74, 6) is -0.773. The highest BCUT2D eigenvalue weighted by Crippen LogP contribution is 2.14.